The Labute approximate surface area is 133 Å². The molecular weight excluding hydrogens is 281 g/mol. The van der Waals surface area contributed by atoms with Gasteiger partial charge < -0.3 is 5.11 Å². The van der Waals surface area contributed by atoms with E-state index in [-0.39, 0.29) is 18.1 Å². The van der Waals surface area contributed by atoms with Gasteiger partial charge in [-0.05, 0) is 94.3 Å². The van der Waals surface area contributed by atoms with Crippen LogP contribution in [0.3, 0.4) is 0 Å². The Morgan fingerprint density at radius 1 is 0.773 bits per heavy atom. The molecule has 126 valence electrons. The second-order valence-electron chi connectivity index (χ2n) is 8.00. The Morgan fingerprint density at radius 2 is 1.36 bits per heavy atom. The van der Waals surface area contributed by atoms with Crippen molar-refractivity contribution in [1.29, 1.82) is 0 Å². The van der Waals surface area contributed by atoms with Crippen molar-refractivity contribution in [2.75, 3.05) is 0 Å². The molecule has 22 heavy (non-hydrogen) atoms. The molecule has 0 bridgehead atoms. The first-order chi connectivity index (χ1) is 10.7. The van der Waals surface area contributed by atoms with Gasteiger partial charge in [0.1, 0.15) is 6.17 Å². The van der Waals surface area contributed by atoms with Gasteiger partial charge in [-0.15, -0.1) is 0 Å². The number of halogens is 1. The van der Waals surface area contributed by atoms with Crippen LogP contribution in [0.4, 0.5) is 4.39 Å². The van der Waals surface area contributed by atoms with Crippen LogP contribution in [0.15, 0.2) is 5.18 Å². The average molecular weight is 311 g/mol. The molecule has 3 nitrogen and oxygen atoms in total. The molecule has 0 spiro atoms. The van der Waals surface area contributed by atoms with Crippen molar-refractivity contribution in [3.8, 4) is 0 Å². The lowest BCUT2D eigenvalue weighted by Gasteiger charge is -2.42. The van der Waals surface area contributed by atoms with Gasteiger partial charge in [0, 0.05) is 0 Å². The van der Waals surface area contributed by atoms with E-state index in [4.69, 9.17) is 0 Å². The molecule has 0 aromatic rings. The van der Waals surface area contributed by atoms with Crippen molar-refractivity contribution in [2.45, 2.75) is 88.9 Å². The molecule has 1 N–H and O–H groups in total. The number of aliphatic hydroxyl groups excluding tert-OH is 1. The smallest absolute Gasteiger partial charge is 0.103 e. The summed E-state index contributed by atoms with van der Waals surface area (Å²) in [6.45, 7) is 0. The van der Waals surface area contributed by atoms with Crippen molar-refractivity contribution in [1.82, 2.24) is 0 Å². The van der Waals surface area contributed by atoms with Crippen LogP contribution in [0.1, 0.15) is 70.6 Å². The molecule has 0 aromatic carbocycles. The number of rotatable bonds is 3. The van der Waals surface area contributed by atoms with Crippen LogP contribution in [-0.2, 0) is 0 Å². The summed E-state index contributed by atoms with van der Waals surface area (Å²) in [4.78, 5) is 10.6. The highest BCUT2D eigenvalue weighted by Gasteiger charge is 2.40. The first-order valence-electron chi connectivity index (χ1n) is 9.32. The molecule has 0 saturated heterocycles. The molecule has 0 aromatic heterocycles. The fourth-order valence-electron chi connectivity index (χ4n) is 5.34. The predicted octanol–water partition coefficient (Wildman–Crippen LogP) is 4.62. The van der Waals surface area contributed by atoms with Crippen molar-refractivity contribution in [3.63, 3.8) is 0 Å². The van der Waals surface area contributed by atoms with Crippen LogP contribution in [0.2, 0.25) is 0 Å². The molecule has 0 heterocycles. The number of alkyl halides is 1. The van der Waals surface area contributed by atoms with E-state index in [9.17, 15) is 14.4 Å². The number of aliphatic hydroxyl groups is 1. The van der Waals surface area contributed by atoms with E-state index in [0.717, 1.165) is 70.6 Å². The van der Waals surface area contributed by atoms with Gasteiger partial charge in [0.2, 0.25) is 0 Å². The van der Waals surface area contributed by atoms with E-state index in [0.29, 0.717) is 17.8 Å². The summed E-state index contributed by atoms with van der Waals surface area (Å²) in [5.41, 5.74) is 0. The zero-order valence-corrected chi connectivity index (χ0v) is 13.5. The number of hydrogen-bond donors (Lipinski definition) is 1. The summed E-state index contributed by atoms with van der Waals surface area (Å²) >= 11 is 0. The third-order valence-corrected chi connectivity index (χ3v) is 6.77. The lowest BCUT2D eigenvalue weighted by Crippen LogP contribution is -2.37. The summed E-state index contributed by atoms with van der Waals surface area (Å²) in [7, 11) is 0. The van der Waals surface area contributed by atoms with Gasteiger partial charge in [-0.1, -0.05) is 5.18 Å². The molecule has 3 aliphatic carbocycles. The maximum Gasteiger partial charge on any atom is 0.103 e. The van der Waals surface area contributed by atoms with E-state index in [1.165, 1.54) is 0 Å². The fraction of sp³-hybridized carbons (Fsp3) is 1.00. The van der Waals surface area contributed by atoms with Gasteiger partial charge in [0.25, 0.3) is 0 Å². The van der Waals surface area contributed by atoms with Crippen LogP contribution < -0.4 is 0 Å². The molecule has 3 fully saturated rings. The molecule has 0 radical (unpaired) electrons. The second kappa shape index (κ2) is 7.37. The fourth-order valence-corrected chi connectivity index (χ4v) is 5.34. The Balaban J connectivity index is 1.49. The first kappa shape index (κ1) is 16.4. The lowest BCUT2D eigenvalue weighted by atomic mass is 9.65. The third-order valence-electron chi connectivity index (χ3n) is 6.77. The first-order valence-corrected chi connectivity index (χ1v) is 9.32. The molecule has 3 aliphatic rings. The molecule has 0 amide bonds. The Bertz CT molecular complexity index is 362. The standard InChI is InChI=1S/C18H30FNO2/c19-18-11-14(12-3-8-16(21)9-4-12)5-10-17(18)13-1-6-15(20-22)7-2-13/h12-18,21H,1-11H2. The molecular formula is C18H30FNO2. The lowest BCUT2D eigenvalue weighted by molar-refractivity contribution is 0.0257. The second-order valence-corrected chi connectivity index (χ2v) is 8.00. The monoisotopic (exact) mass is 311 g/mol. The topological polar surface area (TPSA) is 49.7 Å². The van der Waals surface area contributed by atoms with Gasteiger partial charge >= 0.3 is 0 Å². The average Bonchev–Trinajstić information content (AvgIpc) is 2.56. The Kier molecular flexibility index (Phi) is 5.48. The van der Waals surface area contributed by atoms with Crippen LogP contribution in [0.25, 0.3) is 0 Å². The third kappa shape index (κ3) is 3.69. The zero-order valence-electron chi connectivity index (χ0n) is 13.5. The Hall–Kier alpha value is -0.510. The highest BCUT2D eigenvalue weighted by Crippen LogP contribution is 2.46. The van der Waals surface area contributed by atoms with Gasteiger partial charge in [0.15, 0.2) is 0 Å². The highest BCUT2D eigenvalue weighted by molar-refractivity contribution is 4.90. The summed E-state index contributed by atoms with van der Waals surface area (Å²) in [5, 5.41) is 12.8. The van der Waals surface area contributed by atoms with Crippen molar-refractivity contribution < 1.29 is 9.50 Å². The number of nitrogens with zero attached hydrogens (tertiary/aromatic N) is 1. The van der Waals surface area contributed by atoms with E-state index in [1.807, 2.05) is 0 Å². The van der Waals surface area contributed by atoms with E-state index < -0.39 is 6.17 Å². The normalized spacial score (nSPS) is 47.1. The maximum atomic E-state index is 14.8. The van der Waals surface area contributed by atoms with E-state index in [1.54, 1.807) is 0 Å². The SMILES string of the molecule is O=NC1CCC(C2CCC(C3CCC(O)CC3)CC2F)CC1. The molecule has 4 heteroatoms. The summed E-state index contributed by atoms with van der Waals surface area (Å²) in [6.07, 6.45) is 9.83. The summed E-state index contributed by atoms with van der Waals surface area (Å²) in [6, 6.07) is -0.0145. The molecule has 3 rings (SSSR count). The van der Waals surface area contributed by atoms with Crippen LogP contribution in [0.5, 0.6) is 0 Å². The highest BCUT2D eigenvalue weighted by atomic mass is 19.1. The van der Waals surface area contributed by atoms with E-state index in [2.05, 4.69) is 5.18 Å². The minimum Gasteiger partial charge on any atom is -0.393 e. The minimum absolute atomic E-state index is 0.0145. The van der Waals surface area contributed by atoms with Gasteiger partial charge in [-0.2, -0.15) is 4.91 Å². The summed E-state index contributed by atoms with van der Waals surface area (Å²) < 4.78 is 14.8. The molecule has 3 atom stereocenters. The van der Waals surface area contributed by atoms with Crippen molar-refractivity contribution >= 4 is 0 Å². The van der Waals surface area contributed by atoms with Crippen molar-refractivity contribution in [2.24, 2.45) is 28.8 Å². The minimum atomic E-state index is -0.656. The van der Waals surface area contributed by atoms with Crippen LogP contribution in [0, 0.1) is 28.6 Å². The van der Waals surface area contributed by atoms with Gasteiger partial charge in [-0.25, -0.2) is 4.39 Å². The number of nitroso groups, excluding NO2 is 1. The van der Waals surface area contributed by atoms with Crippen LogP contribution >= 0.6 is 0 Å². The molecule has 3 saturated carbocycles. The Morgan fingerprint density at radius 3 is 1.95 bits per heavy atom. The zero-order chi connectivity index (χ0) is 15.5. The maximum absolute atomic E-state index is 14.8. The van der Waals surface area contributed by atoms with E-state index >= 15 is 0 Å². The quantitative estimate of drug-likeness (QED) is 0.773. The molecule has 0 aliphatic heterocycles. The number of hydrogen-bond acceptors (Lipinski definition) is 3. The molecule has 3 unspecified atom stereocenters. The van der Waals surface area contributed by atoms with Crippen LogP contribution in [-0.4, -0.2) is 23.4 Å². The van der Waals surface area contributed by atoms with Crippen molar-refractivity contribution in [3.05, 3.63) is 4.91 Å². The van der Waals surface area contributed by atoms with Gasteiger partial charge in [0.05, 0.1) is 12.1 Å². The predicted molar refractivity (Wildman–Crippen MR) is 85.2 cm³/mol. The summed E-state index contributed by atoms with van der Waals surface area (Å²) in [5.74, 6) is 1.87. The van der Waals surface area contributed by atoms with Gasteiger partial charge in [-0.3, -0.25) is 0 Å². The largest absolute Gasteiger partial charge is 0.393 e.